The first-order chi connectivity index (χ1) is 7.94. The molecule has 96 valence electrons. The minimum Gasteiger partial charge on any atom is -0.475 e. The molecule has 0 fully saturated rings. The van der Waals surface area contributed by atoms with Crippen LogP contribution in [0.2, 0.25) is 0 Å². The number of sulfone groups is 1. The van der Waals surface area contributed by atoms with Crippen molar-refractivity contribution in [1.82, 2.24) is 0 Å². The van der Waals surface area contributed by atoms with Gasteiger partial charge in [-0.05, 0) is 18.6 Å². The summed E-state index contributed by atoms with van der Waals surface area (Å²) in [6.07, 6.45) is 0.608. The summed E-state index contributed by atoms with van der Waals surface area (Å²) in [5.74, 6) is -0.630. The molecule has 1 heterocycles. The highest BCUT2D eigenvalue weighted by molar-refractivity contribution is 8.00. The number of carbonyl (C=O) groups is 1. The van der Waals surface area contributed by atoms with Gasteiger partial charge in [0.15, 0.2) is 14.9 Å². The van der Waals surface area contributed by atoms with Crippen LogP contribution in [0.1, 0.15) is 23.9 Å². The van der Waals surface area contributed by atoms with Gasteiger partial charge >= 0.3 is 5.97 Å². The van der Waals surface area contributed by atoms with Crippen molar-refractivity contribution in [3.8, 4) is 0 Å². The average molecular weight is 278 g/mol. The molecule has 0 bridgehead atoms. The lowest BCUT2D eigenvalue weighted by atomic mass is 10.5. The molecule has 1 aromatic heterocycles. The molecule has 0 atom stereocenters. The summed E-state index contributed by atoms with van der Waals surface area (Å²) in [7, 11) is -2.99. The van der Waals surface area contributed by atoms with Crippen molar-refractivity contribution in [2.24, 2.45) is 0 Å². The summed E-state index contributed by atoms with van der Waals surface area (Å²) in [5, 5.41) is 9.05. The summed E-state index contributed by atoms with van der Waals surface area (Å²) in [4.78, 5) is 10.5. The Labute approximate surface area is 104 Å². The number of hydrogen-bond donors (Lipinski definition) is 1. The van der Waals surface area contributed by atoms with E-state index in [2.05, 4.69) is 0 Å². The van der Waals surface area contributed by atoms with Gasteiger partial charge in [-0.3, -0.25) is 0 Å². The third kappa shape index (κ3) is 4.82. The predicted octanol–water partition coefficient (Wildman–Crippen LogP) is 1.89. The number of carboxylic acids is 1. The zero-order valence-corrected chi connectivity index (χ0v) is 11.0. The van der Waals surface area contributed by atoms with Crippen LogP contribution in [-0.2, 0) is 9.84 Å². The fourth-order valence-corrected chi connectivity index (χ4v) is 3.88. The van der Waals surface area contributed by atoms with Gasteiger partial charge in [0.2, 0.25) is 5.76 Å². The molecule has 17 heavy (non-hydrogen) atoms. The van der Waals surface area contributed by atoms with Crippen LogP contribution in [-0.4, -0.2) is 36.8 Å². The van der Waals surface area contributed by atoms with Crippen molar-refractivity contribution in [3.05, 3.63) is 17.9 Å². The fourth-order valence-electron chi connectivity index (χ4n) is 1.19. The Bertz CT molecular complexity index is 475. The third-order valence-electron chi connectivity index (χ3n) is 1.95. The summed E-state index contributed by atoms with van der Waals surface area (Å²) >= 11 is 1.20. The largest absolute Gasteiger partial charge is 0.475 e. The Kier molecular flexibility index (Phi) is 5.07. The van der Waals surface area contributed by atoms with Crippen LogP contribution in [0, 0.1) is 0 Å². The van der Waals surface area contributed by atoms with E-state index >= 15 is 0 Å². The van der Waals surface area contributed by atoms with E-state index in [-0.39, 0.29) is 17.3 Å². The van der Waals surface area contributed by atoms with Crippen LogP contribution in [0.15, 0.2) is 21.6 Å². The van der Waals surface area contributed by atoms with E-state index in [1.807, 2.05) is 6.92 Å². The zero-order chi connectivity index (χ0) is 12.9. The molecule has 5 nitrogen and oxygen atoms in total. The van der Waals surface area contributed by atoms with Crippen LogP contribution >= 0.6 is 11.8 Å². The molecule has 7 heteroatoms. The second-order valence-electron chi connectivity index (χ2n) is 3.42. The second kappa shape index (κ2) is 6.11. The molecule has 0 aliphatic heterocycles. The van der Waals surface area contributed by atoms with E-state index < -0.39 is 15.8 Å². The molecule has 0 saturated carbocycles. The van der Waals surface area contributed by atoms with Gasteiger partial charge in [0.05, 0.1) is 5.75 Å². The minimum absolute atomic E-state index is 0.0780. The lowest BCUT2D eigenvalue weighted by Gasteiger charge is -2.00. The molecular formula is C10H14O5S2. The maximum absolute atomic E-state index is 11.4. The van der Waals surface area contributed by atoms with E-state index in [0.717, 1.165) is 0 Å². The Morgan fingerprint density at radius 2 is 2.12 bits per heavy atom. The van der Waals surface area contributed by atoms with Crippen molar-refractivity contribution in [1.29, 1.82) is 0 Å². The third-order valence-corrected chi connectivity index (χ3v) is 4.97. The quantitative estimate of drug-likeness (QED) is 0.767. The van der Waals surface area contributed by atoms with Gasteiger partial charge in [-0.2, -0.15) is 0 Å². The number of furan rings is 1. The first-order valence-corrected chi connectivity index (χ1v) is 7.91. The van der Waals surface area contributed by atoms with Gasteiger partial charge in [-0.15, -0.1) is 0 Å². The van der Waals surface area contributed by atoms with E-state index in [9.17, 15) is 13.2 Å². The molecule has 0 spiro atoms. The van der Waals surface area contributed by atoms with Gasteiger partial charge in [0.1, 0.15) is 0 Å². The fraction of sp³-hybridized carbons (Fsp3) is 0.500. The number of thioether (sulfide) groups is 1. The molecule has 1 N–H and O–H groups in total. The van der Waals surface area contributed by atoms with Gasteiger partial charge in [-0.1, -0.05) is 18.7 Å². The normalized spacial score (nSPS) is 11.6. The highest BCUT2D eigenvalue weighted by Crippen LogP contribution is 2.21. The Hall–Kier alpha value is -0.950. The lowest BCUT2D eigenvalue weighted by Crippen LogP contribution is -2.11. The van der Waals surface area contributed by atoms with Gasteiger partial charge in [0.25, 0.3) is 0 Å². The standard InChI is InChI=1S/C10H14O5S2/c1-2-6-17(13,14)7-5-16-9-4-3-8(15-9)10(11)12/h3-4H,2,5-7H2,1H3,(H,11,12). The van der Waals surface area contributed by atoms with Crippen LogP contribution in [0.3, 0.4) is 0 Å². The predicted molar refractivity (Wildman–Crippen MR) is 65.3 cm³/mol. The van der Waals surface area contributed by atoms with Crippen molar-refractivity contribution in [2.45, 2.75) is 18.4 Å². The maximum atomic E-state index is 11.4. The van der Waals surface area contributed by atoms with Crippen LogP contribution < -0.4 is 0 Å². The Balaban J connectivity index is 2.43. The summed E-state index contributed by atoms with van der Waals surface area (Å²) in [6, 6.07) is 2.88. The molecular weight excluding hydrogens is 264 g/mol. The molecule has 0 aromatic carbocycles. The van der Waals surface area contributed by atoms with Crippen molar-refractivity contribution >= 4 is 27.6 Å². The smallest absolute Gasteiger partial charge is 0.371 e. The van der Waals surface area contributed by atoms with Gasteiger partial charge in [0, 0.05) is 11.5 Å². The summed E-state index contributed by atoms with van der Waals surface area (Å²) in [6.45, 7) is 1.82. The monoisotopic (exact) mass is 278 g/mol. The Morgan fingerprint density at radius 1 is 1.41 bits per heavy atom. The van der Waals surface area contributed by atoms with Crippen LogP contribution in [0.4, 0.5) is 0 Å². The maximum Gasteiger partial charge on any atom is 0.371 e. The van der Waals surface area contributed by atoms with Crippen LogP contribution in [0.25, 0.3) is 0 Å². The average Bonchev–Trinajstić information content (AvgIpc) is 2.66. The first-order valence-electron chi connectivity index (χ1n) is 5.11. The number of hydrogen-bond acceptors (Lipinski definition) is 5. The molecule has 0 aliphatic carbocycles. The van der Waals surface area contributed by atoms with E-state index in [0.29, 0.717) is 17.3 Å². The highest BCUT2D eigenvalue weighted by Gasteiger charge is 2.12. The van der Waals surface area contributed by atoms with Gasteiger partial charge in [-0.25, -0.2) is 13.2 Å². The summed E-state index contributed by atoms with van der Waals surface area (Å²) < 4.78 is 27.8. The lowest BCUT2D eigenvalue weighted by molar-refractivity contribution is 0.0656. The number of aromatic carboxylic acids is 1. The molecule has 0 radical (unpaired) electrons. The first kappa shape index (κ1) is 14.1. The highest BCUT2D eigenvalue weighted by atomic mass is 32.2. The minimum atomic E-state index is -2.99. The van der Waals surface area contributed by atoms with Crippen molar-refractivity contribution in [3.63, 3.8) is 0 Å². The van der Waals surface area contributed by atoms with E-state index in [1.54, 1.807) is 0 Å². The molecule has 1 rings (SSSR count). The molecule has 1 aromatic rings. The summed E-state index contributed by atoms with van der Waals surface area (Å²) in [5.41, 5.74) is 0. The molecule has 0 aliphatic rings. The van der Waals surface area contributed by atoms with E-state index in [1.165, 1.54) is 23.9 Å². The van der Waals surface area contributed by atoms with Crippen molar-refractivity contribution in [2.75, 3.05) is 17.3 Å². The second-order valence-corrected chi connectivity index (χ2v) is 6.83. The van der Waals surface area contributed by atoms with Crippen LogP contribution in [0.5, 0.6) is 0 Å². The topological polar surface area (TPSA) is 84.6 Å². The number of carboxylic acid groups (broad SMARTS) is 1. The van der Waals surface area contributed by atoms with E-state index in [4.69, 9.17) is 9.52 Å². The SMILES string of the molecule is CCCS(=O)(=O)CCSc1ccc(C(=O)O)o1. The molecule has 0 unspecified atom stereocenters. The zero-order valence-electron chi connectivity index (χ0n) is 9.38. The molecule has 0 saturated heterocycles. The number of rotatable bonds is 7. The Morgan fingerprint density at radius 3 is 2.65 bits per heavy atom. The molecule has 0 amide bonds. The van der Waals surface area contributed by atoms with Gasteiger partial charge < -0.3 is 9.52 Å². The van der Waals surface area contributed by atoms with Crippen molar-refractivity contribution < 1.29 is 22.7 Å².